The van der Waals surface area contributed by atoms with Crippen LogP contribution in [0.5, 0.6) is 0 Å². The fraction of sp³-hybridized carbons (Fsp3) is 0.733. The van der Waals surface area contributed by atoms with Gasteiger partial charge in [-0.05, 0) is 43.7 Å². The molecule has 1 unspecified atom stereocenters. The number of anilines is 1. The molecular weight excluding hydrogens is 236 g/mol. The predicted octanol–water partition coefficient (Wildman–Crippen LogP) is 1.93. The fourth-order valence-electron chi connectivity index (χ4n) is 3.70. The van der Waals surface area contributed by atoms with Crippen molar-refractivity contribution in [2.24, 2.45) is 5.41 Å². The van der Waals surface area contributed by atoms with Crippen LogP contribution in [0.3, 0.4) is 0 Å². The standard InChI is InChI=1S/C15H22N4/c1-2-12(3-1)13-8-17-14(18-9-13)19-7-5-15(11-19)4-6-16-10-15/h8-9,12,16H,1-7,10-11H2. The van der Waals surface area contributed by atoms with E-state index >= 15 is 0 Å². The molecule has 4 heteroatoms. The van der Waals surface area contributed by atoms with Gasteiger partial charge in [-0.2, -0.15) is 0 Å². The molecule has 1 spiro atoms. The summed E-state index contributed by atoms with van der Waals surface area (Å²) in [4.78, 5) is 11.6. The number of hydrogen-bond acceptors (Lipinski definition) is 4. The lowest BCUT2D eigenvalue weighted by molar-refractivity contribution is 0.369. The summed E-state index contributed by atoms with van der Waals surface area (Å²) in [5.41, 5.74) is 1.84. The van der Waals surface area contributed by atoms with Crippen molar-refractivity contribution in [1.82, 2.24) is 15.3 Å². The van der Waals surface area contributed by atoms with E-state index in [1.54, 1.807) is 0 Å². The van der Waals surface area contributed by atoms with E-state index in [2.05, 4.69) is 32.6 Å². The summed E-state index contributed by atoms with van der Waals surface area (Å²) in [5, 5.41) is 3.50. The first-order valence-corrected chi connectivity index (χ1v) is 7.62. The van der Waals surface area contributed by atoms with Crippen molar-refractivity contribution in [1.29, 1.82) is 0 Å². The van der Waals surface area contributed by atoms with Gasteiger partial charge in [0.25, 0.3) is 0 Å². The Morgan fingerprint density at radius 2 is 2.05 bits per heavy atom. The number of nitrogens with zero attached hydrogens (tertiary/aromatic N) is 3. The largest absolute Gasteiger partial charge is 0.340 e. The van der Waals surface area contributed by atoms with Crippen LogP contribution in [0, 0.1) is 5.41 Å². The van der Waals surface area contributed by atoms with Crippen LogP contribution in [-0.2, 0) is 0 Å². The Morgan fingerprint density at radius 3 is 2.68 bits per heavy atom. The van der Waals surface area contributed by atoms with Crippen molar-refractivity contribution in [3.8, 4) is 0 Å². The third-order valence-electron chi connectivity index (χ3n) is 5.29. The van der Waals surface area contributed by atoms with Crippen molar-refractivity contribution in [3.63, 3.8) is 0 Å². The van der Waals surface area contributed by atoms with E-state index in [1.807, 2.05) is 0 Å². The summed E-state index contributed by atoms with van der Waals surface area (Å²) >= 11 is 0. The maximum atomic E-state index is 4.61. The van der Waals surface area contributed by atoms with Crippen LogP contribution in [0.4, 0.5) is 5.95 Å². The maximum Gasteiger partial charge on any atom is 0.225 e. The second-order valence-corrected chi connectivity index (χ2v) is 6.54. The van der Waals surface area contributed by atoms with Gasteiger partial charge in [0.2, 0.25) is 5.95 Å². The first kappa shape index (κ1) is 11.6. The van der Waals surface area contributed by atoms with Crippen LogP contribution in [0.25, 0.3) is 0 Å². The van der Waals surface area contributed by atoms with Crippen LogP contribution >= 0.6 is 0 Å². The predicted molar refractivity (Wildman–Crippen MR) is 75.4 cm³/mol. The molecule has 1 aliphatic carbocycles. The van der Waals surface area contributed by atoms with Crippen molar-refractivity contribution >= 4 is 5.95 Å². The van der Waals surface area contributed by atoms with Crippen LogP contribution in [-0.4, -0.2) is 36.1 Å². The topological polar surface area (TPSA) is 41.1 Å². The maximum absolute atomic E-state index is 4.61. The summed E-state index contributed by atoms with van der Waals surface area (Å²) < 4.78 is 0. The average molecular weight is 258 g/mol. The van der Waals surface area contributed by atoms with Crippen molar-refractivity contribution in [2.75, 3.05) is 31.1 Å². The van der Waals surface area contributed by atoms with Gasteiger partial charge >= 0.3 is 0 Å². The third-order valence-corrected chi connectivity index (χ3v) is 5.29. The van der Waals surface area contributed by atoms with Crippen molar-refractivity contribution < 1.29 is 0 Å². The van der Waals surface area contributed by atoms with Gasteiger partial charge in [0.15, 0.2) is 0 Å². The minimum absolute atomic E-state index is 0.496. The molecule has 0 aromatic carbocycles. The lowest BCUT2D eigenvalue weighted by atomic mass is 9.81. The van der Waals surface area contributed by atoms with Gasteiger partial charge in [-0.15, -0.1) is 0 Å². The molecule has 3 heterocycles. The van der Waals surface area contributed by atoms with Gasteiger partial charge in [-0.1, -0.05) is 6.42 Å². The lowest BCUT2D eigenvalue weighted by Crippen LogP contribution is -2.30. The molecule has 3 aliphatic rings. The summed E-state index contributed by atoms with van der Waals surface area (Å²) in [6, 6.07) is 0. The fourth-order valence-corrected chi connectivity index (χ4v) is 3.70. The number of rotatable bonds is 2. The molecule has 1 saturated carbocycles. The highest BCUT2D eigenvalue weighted by Gasteiger charge is 2.41. The SMILES string of the molecule is c1nc(N2CCC3(CCNC3)C2)ncc1C1CCC1. The van der Waals surface area contributed by atoms with E-state index in [4.69, 9.17) is 0 Å². The quantitative estimate of drug-likeness (QED) is 0.880. The third kappa shape index (κ3) is 2.02. The molecule has 19 heavy (non-hydrogen) atoms. The highest BCUT2D eigenvalue weighted by atomic mass is 15.3. The molecule has 4 rings (SSSR count). The Labute approximate surface area is 114 Å². The molecule has 102 valence electrons. The molecule has 1 aromatic heterocycles. The van der Waals surface area contributed by atoms with E-state index in [0.29, 0.717) is 5.41 Å². The smallest absolute Gasteiger partial charge is 0.225 e. The monoisotopic (exact) mass is 258 g/mol. The zero-order valence-electron chi connectivity index (χ0n) is 11.4. The first-order valence-electron chi connectivity index (χ1n) is 7.62. The van der Waals surface area contributed by atoms with E-state index in [-0.39, 0.29) is 0 Å². The summed E-state index contributed by atoms with van der Waals surface area (Å²) in [6.45, 7) is 4.59. The van der Waals surface area contributed by atoms with Gasteiger partial charge in [-0.3, -0.25) is 0 Å². The van der Waals surface area contributed by atoms with Gasteiger partial charge in [0.1, 0.15) is 0 Å². The van der Waals surface area contributed by atoms with Crippen molar-refractivity contribution in [3.05, 3.63) is 18.0 Å². The second-order valence-electron chi connectivity index (χ2n) is 6.54. The Bertz CT molecular complexity index is 446. The molecule has 1 atom stereocenters. The van der Waals surface area contributed by atoms with E-state index < -0.39 is 0 Å². The number of aromatic nitrogens is 2. The zero-order valence-corrected chi connectivity index (χ0v) is 11.4. The van der Waals surface area contributed by atoms with E-state index in [1.165, 1.54) is 50.8 Å². The van der Waals surface area contributed by atoms with E-state index in [0.717, 1.165) is 25.0 Å². The Kier molecular flexibility index (Phi) is 2.72. The summed E-state index contributed by atoms with van der Waals surface area (Å²) in [6.07, 6.45) is 10.7. The molecule has 3 fully saturated rings. The van der Waals surface area contributed by atoms with E-state index in [9.17, 15) is 0 Å². The van der Waals surface area contributed by atoms with Crippen LogP contribution in [0.2, 0.25) is 0 Å². The molecule has 4 nitrogen and oxygen atoms in total. The molecule has 2 saturated heterocycles. The Hall–Kier alpha value is -1.16. The van der Waals surface area contributed by atoms with Crippen LogP contribution in [0.1, 0.15) is 43.6 Å². The van der Waals surface area contributed by atoms with Gasteiger partial charge in [0, 0.05) is 37.4 Å². The molecule has 0 amide bonds. The summed E-state index contributed by atoms with van der Waals surface area (Å²) in [7, 11) is 0. The average Bonchev–Trinajstić information content (AvgIpc) is 3.00. The number of nitrogens with one attached hydrogen (secondary N) is 1. The minimum atomic E-state index is 0.496. The number of hydrogen-bond donors (Lipinski definition) is 1. The lowest BCUT2D eigenvalue weighted by Gasteiger charge is -2.26. The van der Waals surface area contributed by atoms with Gasteiger partial charge < -0.3 is 10.2 Å². The Morgan fingerprint density at radius 1 is 1.21 bits per heavy atom. The van der Waals surface area contributed by atoms with Crippen LogP contribution in [0.15, 0.2) is 12.4 Å². The molecule has 1 N–H and O–H groups in total. The van der Waals surface area contributed by atoms with Crippen LogP contribution < -0.4 is 10.2 Å². The first-order chi connectivity index (χ1) is 9.35. The van der Waals surface area contributed by atoms with Gasteiger partial charge in [0.05, 0.1) is 0 Å². The molecular formula is C15H22N4. The molecule has 2 aliphatic heterocycles. The Balaban J connectivity index is 1.47. The highest BCUT2D eigenvalue weighted by molar-refractivity contribution is 5.34. The van der Waals surface area contributed by atoms with Gasteiger partial charge in [-0.25, -0.2) is 9.97 Å². The van der Waals surface area contributed by atoms with Crippen molar-refractivity contribution in [2.45, 2.75) is 38.0 Å². The minimum Gasteiger partial charge on any atom is -0.340 e. The molecule has 0 radical (unpaired) electrons. The zero-order chi connectivity index (χ0) is 12.7. The summed E-state index contributed by atoms with van der Waals surface area (Å²) in [5.74, 6) is 1.67. The molecule has 0 bridgehead atoms. The normalized spacial score (nSPS) is 31.1. The molecule has 1 aromatic rings. The second kappa shape index (κ2) is 4.44. The highest BCUT2D eigenvalue weighted by Crippen LogP contribution is 2.38.